The summed E-state index contributed by atoms with van der Waals surface area (Å²) in [7, 11) is 0. The third-order valence-corrected chi connectivity index (χ3v) is 5.51. The van der Waals surface area contributed by atoms with E-state index >= 15 is 0 Å². The summed E-state index contributed by atoms with van der Waals surface area (Å²) in [5.74, 6) is 0.777. The van der Waals surface area contributed by atoms with E-state index in [0.717, 1.165) is 12.5 Å². The minimum atomic E-state index is 0.659. The van der Waals surface area contributed by atoms with Gasteiger partial charge in [-0.05, 0) is 38.3 Å². The van der Waals surface area contributed by atoms with Gasteiger partial charge in [-0.15, -0.1) is 11.3 Å². The van der Waals surface area contributed by atoms with Crippen molar-refractivity contribution in [2.75, 3.05) is 19.6 Å². The minimum Gasteiger partial charge on any atom is -0.311 e. The van der Waals surface area contributed by atoms with Crippen LogP contribution < -0.4 is 5.32 Å². The molecule has 1 fully saturated rings. The highest BCUT2D eigenvalue weighted by Crippen LogP contribution is 2.20. The maximum atomic E-state index is 3.68. The van der Waals surface area contributed by atoms with Gasteiger partial charge in [-0.1, -0.05) is 20.3 Å². The average molecular weight is 280 g/mol. The molecule has 1 N–H and O–H groups in total. The van der Waals surface area contributed by atoms with Crippen LogP contribution in [-0.2, 0) is 6.42 Å². The summed E-state index contributed by atoms with van der Waals surface area (Å²) in [5, 5.41) is 3.68. The molecule has 0 amide bonds. The van der Waals surface area contributed by atoms with E-state index in [1.807, 2.05) is 11.3 Å². The lowest BCUT2D eigenvalue weighted by Crippen LogP contribution is -2.55. The second-order valence-corrected chi connectivity index (χ2v) is 7.38. The summed E-state index contributed by atoms with van der Waals surface area (Å²) in [6, 6.07) is 5.87. The molecule has 1 aromatic heterocycles. The molecule has 2 nitrogen and oxygen atoms in total. The molecule has 2 heterocycles. The van der Waals surface area contributed by atoms with Crippen molar-refractivity contribution in [3.63, 3.8) is 0 Å². The Hall–Kier alpha value is -0.380. The Labute approximate surface area is 122 Å². The topological polar surface area (TPSA) is 15.3 Å². The summed E-state index contributed by atoms with van der Waals surface area (Å²) >= 11 is 1.95. The summed E-state index contributed by atoms with van der Waals surface area (Å²) in [5.41, 5.74) is 0. The van der Waals surface area contributed by atoms with Gasteiger partial charge in [-0.25, -0.2) is 0 Å². The zero-order chi connectivity index (χ0) is 13.8. The molecule has 1 aliphatic heterocycles. The van der Waals surface area contributed by atoms with Crippen molar-refractivity contribution < 1.29 is 0 Å². The molecule has 0 radical (unpaired) electrons. The van der Waals surface area contributed by atoms with Crippen LogP contribution in [0.5, 0.6) is 0 Å². The van der Waals surface area contributed by atoms with Crippen LogP contribution in [-0.4, -0.2) is 36.6 Å². The number of aryl methyl sites for hydroxylation is 1. The normalized spacial score (nSPS) is 24.3. The first kappa shape index (κ1) is 15.0. The van der Waals surface area contributed by atoms with E-state index in [1.165, 1.54) is 35.7 Å². The van der Waals surface area contributed by atoms with Crippen LogP contribution in [0.4, 0.5) is 0 Å². The highest BCUT2D eigenvalue weighted by Gasteiger charge is 2.26. The molecule has 2 rings (SSSR count). The van der Waals surface area contributed by atoms with Gasteiger partial charge in [0.25, 0.3) is 0 Å². The lowest BCUT2D eigenvalue weighted by atomic mass is 9.96. The van der Waals surface area contributed by atoms with Crippen molar-refractivity contribution in [1.82, 2.24) is 10.2 Å². The lowest BCUT2D eigenvalue weighted by Gasteiger charge is -2.39. The first-order chi connectivity index (χ1) is 9.10. The summed E-state index contributed by atoms with van der Waals surface area (Å²) in [4.78, 5) is 5.63. The van der Waals surface area contributed by atoms with E-state index in [1.54, 1.807) is 0 Å². The van der Waals surface area contributed by atoms with Gasteiger partial charge in [0.05, 0.1) is 0 Å². The fraction of sp³-hybridized carbons (Fsp3) is 0.750. The van der Waals surface area contributed by atoms with Gasteiger partial charge in [0.15, 0.2) is 0 Å². The molecular weight excluding hydrogens is 252 g/mol. The molecule has 0 spiro atoms. The molecule has 1 aromatic rings. The fourth-order valence-electron chi connectivity index (χ4n) is 2.88. The van der Waals surface area contributed by atoms with Crippen molar-refractivity contribution in [1.29, 1.82) is 0 Å². The molecule has 19 heavy (non-hydrogen) atoms. The Morgan fingerprint density at radius 2 is 2.21 bits per heavy atom. The maximum Gasteiger partial charge on any atom is 0.0221 e. The van der Waals surface area contributed by atoms with Crippen LogP contribution in [0.15, 0.2) is 12.1 Å². The number of nitrogens with zero attached hydrogens (tertiary/aromatic N) is 1. The van der Waals surface area contributed by atoms with E-state index in [9.17, 15) is 0 Å². The van der Waals surface area contributed by atoms with Crippen molar-refractivity contribution >= 4 is 11.3 Å². The molecular formula is C16H28N2S. The molecule has 3 atom stereocenters. The highest BCUT2D eigenvalue weighted by molar-refractivity contribution is 7.11. The van der Waals surface area contributed by atoms with Gasteiger partial charge in [-0.3, -0.25) is 4.90 Å². The van der Waals surface area contributed by atoms with Crippen LogP contribution in [0.25, 0.3) is 0 Å². The molecule has 0 saturated carbocycles. The first-order valence-corrected chi connectivity index (χ1v) is 8.44. The highest BCUT2D eigenvalue weighted by atomic mass is 32.1. The Kier molecular flexibility index (Phi) is 5.43. The molecule has 1 saturated heterocycles. The summed E-state index contributed by atoms with van der Waals surface area (Å²) < 4.78 is 0. The van der Waals surface area contributed by atoms with Gasteiger partial charge in [0, 0.05) is 41.5 Å². The monoisotopic (exact) mass is 280 g/mol. The van der Waals surface area contributed by atoms with Crippen molar-refractivity contribution in [3.05, 3.63) is 21.9 Å². The molecule has 3 heteroatoms. The number of hydrogen-bond donors (Lipinski definition) is 1. The fourth-order valence-corrected chi connectivity index (χ4v) is 3.89. The van der Waals surface area contributed by atoms with Crippen molar-refractivity contribution in [3.8, 4) is 0 Å². The van der Waals surface area contributed by atoms with Crippen LogP contribution in [0.3, 0.4) is 0 Å². The Balaban J connectivity index is 1.89. The third kappa shape index (κ3) is 4.04. The van der Waals surface area contributed by atoms with Crippen molar-refractivity contribution in [2.24, 2.45) is 5.92 Å². The Bertz CT molecular complexity index is 388. The second-order valence-electron chi connectivity index (χ2n) is 6.01. The molecule has 0 aliphatic carbocycles. The number of thiophene rings is 1. The maximum absolute atomic E-state index is 3.68. The Morgan fingerprint density at radius 3 is 2.84 bits per heavy atom. The average Bonchev–Trinajstić information content (AvgIpc) is 2.83. The predicted molar refractivity (Wildman–Crippen MR) is 85.0 cm³/mol. The number of hydrogen-bond acceptors (Lipinski definition) is 3. The van der Waals surface area contributed by atoms with Gasteiger partial charge in [0.2, 0.25) is 0 Å². The van der Waals surface area contributed by atoms with E-state index in [-0.39, 0.29) is 0 Å². The van der Waals surface area contributed by atoms with Crippen LogP contribution in [0.1, 0.15) is 36.9 Å². The number of rotatable bonds is 5. The predicted octanol–water partition coefficient (Wildman–Crippen LogP) is 3.31. The molecule has 0 bridgehead atoms. The standard InChI is InChI=1S/C16H28N2S/c1-5-12(2)16-11-18(9-8-17-16)13(3)10-15-7-6-14(4)19-15/h6-7,12-13,16-17H,5,8-11H2,1-4H3. The number of piperazine rings is 1. The lowest BCUT2D eigenvalue weighted by molar-refractivity contribution is 0.130. The summed E-state index contributed by atoms with van der Waals surface area (Å²) in [6.07, 6.45) is 2.47. The Morgan fingerprint density at radius 1 is 1.42 bits per heavy atom. The number of nitrogens with one attached hydrogen (secondary N) is 1. The molecule has 108 valence electrons. The van der Waals surface area contributed by atoms with E-state index in [0.29, 0.717) is 12.1 Å². The molecule has 0 aromatic carbocycles. The largest absolute Gasteiger partial charge is 0.311 e. The SMILES string of the molecule is CCC(C)C1CN(C(C)Cc2ccc(C)s2)CCN1. The third-order valence-electron chi connectivity index (χ3n) is 4.48. The zero-order valence-corrected chi connectivity index (χ0v) is 13.6. The van der Waals surface area contributed by atoms with E-state index in [4.69, 9.17) is 0 Å². The quantitative estimate of drug-likeness (QED) is 0.890. The van der Waals surface area contributed by atoms with Crippen LogP contribution in [0, 0.1) is 12.8 Å². The molecule has 1 aliphatic rings. The van der Waals surface area contributed by atoms with Crippen molar-refractivity contribution in [2.45, 2.75) is 52.6 Å². The second kappa shape index (κ2) is 6.87. The first-order valence-electron chi connectivity index (χ1n) is 7.63. The zero-order valence-electron chi connectivity index (χ0n) is 12.8. The van der Waals surface area contributed by atoms with Crippen LogP contribution in [0.2, 0.25) is 0 Å². The smallest absolute Gasteiger partial charge is 0.0221 e. The molecule has 3 unspecified atom stereocenters. The van der Waals surface area contributed by atoms with Gasteiger partial charge >= 0.3 is 0 Å². The minimum absolute atomic E-state index is 0.659. The van der Waals surface area contributed by atoms with Gasteiger partial charge in [0.1, 0.15) is 0 Å². The summed E-state index contributed by atoms with van der Waals surface area (Å²) in [6.45, 7) is 12.8. The van der Waals surface area contributed by atoms with Gasteiger partial charge < -0.3 is 5.32 Å². The van der Waals surface area contributed by atoms with Crippen LogP contribution >= 0.6 is 11.3 Å². The van der Waals surface area contributed by atoms with E-state index < -0.39 is 0 Å². The van der Waals surface area contributed by atoms with Gasteiger partial charge in [-0.2, -0.15) is 0 Å². The van der Waals surface area contributed by atoms with E-state index in [2.05, 4.69) is 50.0 Å².